The van der Waals surface area contributed by atoms with Gasteiger partial charge in [-0.2, -0.15) is 5.26 Å². The highest BCUT2D eigenvalue weighted by atomic mass is 16.2. The fraction of sp³-hybridized carbons (Fsp3) is 0.846. The Hall–Kier alpha value is -1.04. The standard InChI is InChI=1S/C13H22N2O/c1-3-11(10-14)13(16)15(4-2)12-8-6-5-7-9-12/h11-12H,3-9H2,1-2H3. The molecule has 0 N–H and O–H groups in total. The molecule has 3 nitrogen and oxygen atoms in total. The van der Waals surface area contributed by atoms with Crippen LogP contribution in [-0.4, -0.2) is 23.4 Å². The van der Waals surface area contributed by atoms with Gasteiger partial charge >= 0.3 is 0 Å². The minimum Gasteiger partial charge on any atom is -0.339 e. The average Bonchev–Trinajstić information content (AvgIpc) is 2.33. The number of nitriles is 1. The van der Waals surface area contributed by atoms with Gasteiger partial charge in [-0.05, 0) is 26.2 Å². The van der Waals surface area contributed by atoms with Crippen LogP contribution in [0.1, 0.15) is 52.4 Å². The van der Waals surface area contributed by atoms with E-state index < -0.39 is 5.92 Å². The van der Waals surface area contributed by atoms with Gasteiger partial charge in [0.2, 0.25) is 5.91 Å². The molecule has 0 aliphatic heterocycles. The molecule has 1 saturated carbocycles. The van der Waals surface area contributed by atoms with Crippen LogP contribution < -0.4 is 0 Å². The van der Waals surface area contributed by atoms with E-state index in [0.29, 0.717) is 12.5 Å². The maximum Gasteiger partial charge on any atom is 0.240 e. The topological polar surface area (TPSA) is 44.1 Å². The Labute approximate surface area is 98.4 Å². The lowest BCUT2D eigenvalue weighted by molar-refractivity contribution is -0.136. The molecule has 0 aromatic carbocycles. The van der Waals surface area contributed by atoms with Crippen molar-refractivity contribution in [2.24, 2.45) is 5.92 Å². The van der Waals surface area contributed by atoms with E-state index in [1.807, 2.05) is 18.7 Å². The van der Waals surface area contributed by atoms with E-state index in [-0.39, 0.29) is 5.91 Å². The predicted octanol–water partition coefficient (Wildman–Crippen LogP) is 2.72. The van der Waals surface area contributed by atoms with Crippen LogP contribution in [-0.2, 0) is 4.79 Å². The second-order valence-corrected chi connectivity index (χ2v) is 4.51. The Kier molecular flexibility index (Phi) is 5.31. The summed E-state index contributed by atoms with van der Waals surface area (Å²) in [5, 5.41) is 8.94. The van der Waals surface area contributed by atoms with E-state index in [0.717, 1.165) is 19.4 Å². The van der Waals surface area contributed by atoms with Crippen molar-refractivity contribution in [2.75, 3.05) is 6.54 Å². The normalized spacial score (nSPS) is 18.8. The zero-order chi connectivity index (χ0) is 12.0. The third-order valence-electron chi connectivity index (χ3n) is 3.50. The summed E-state index contributed by atoms with van der Waals surface area (Å²) in [4.78, 5) is 14.1. The van der Waals surface area contributed by atoms with Crippen molar-refractivity contribution in [2.45, 2.75) is 58.4 Å². The highest BCUT2D eigenvalue weighted by Crippen LogP contribution is 2.24. The summed E-state index contributed by atoms with van der Waals surface area (Å²) in [7, 11) is 0. The number of rotatable bonds is 4. The van der Waals surface area contributed by atoms with Gasteiger partial charge in [0.05, 0.1) is 6.07 Å². The number of nitrogens with zero attached hydrogens (tertiary/aromatic N) is 2. The monoisotopic (exact) mass is 222 g/mol. The first-order valence-electron chi connectivity index (χ1n) is 6.44. The molecule has 90 valence electrons. The van der Waals surface area contributed by atoms with E-state index >= 15 is 0 Å². The molecule has 1 amide bonds. The van der Waals surface area contributed by atoms with Crippen LogP contribution in [0.5, 0.6) is 0 Å². The minimum absolute atomic E-state index is 0.0411. The summed E-state index contributed by atoms with van der Waals surface area (Å²) in [5.74, 6) is -0.402. The van der Waals surface area contributed by atoms with Crippen molar-refractivity contribution >= 4 is 5.91 Å². The lowest BCUT2D eigenvalue weighted by Crippen LogP contribution is -2.44. The Balaban J connectivity index is 2.65. The van der Waals surface area contributed by atoms with Crippen molar-refractivity contribution in [3.63, 3.8) is 0 Å². The molecule has 0 spiro atoms. The smallest absolute Gasteiger partial charge is 0.240 e. The number of hydrogen-bond donors (Lipinski definition) is 0. The van der Waals surface area contributed by atoms with Gasteiger partial charge in [0, 0.05) is 12.6 Å². The lowest BCUT2D eigenvalue weighted by atomic mass is 9.93. The molecule has 0 heterocycles. The van der Waals surface area contributed by atoms with Gasteiger partial charge in [-0.3, -0.25) is 4.79 Å². The van der Waals surface area contributed by atoms with Gasteiger partial charge in [-0.25, -0.2) is 0 Å². The highest BCUT2D eigenvalue weighted by molar-refractivity contribution is 5.81. The van der Waals surface area contributed by atoms with Crippen molar-refractivity contribution in [3.05, 3.63) is 0 Å². The second kappa shape index (κ2) is 6.52. The Morgan fingerprint density at radius 2 is 2.00 bits per heavy atom. The fourth-order valence-electron chi connectivity index (χ4n) is 2.51. The van der Waals surface area contributed by atoms with Crippen molar-refractivity contribution < 1.29 is 4.79 Å². The molecule has 1 atom stereocenters. The molecule has 1 fully saturated rings. The third kappa shape index (κ3) is 2.98. The van der Waals surface area contributed by atoms with Gasteiger partial charge in [-0.15, -0.1) is 0 Å². The van der Waals surface area contributed by atoms with Crippen LogP contribution in [0, 0.1) is 17.2 Å². The fourth-order valence-corrected chi connectivity index (χ4v) is 2.51. The molecule has 0 bridgehead atoms. The molecule has 0 saturated heterocycles. The van der Waals surface area contributed by atoms with Crippen LogP contribution in [0.15, 0.2) is 0 Å². The third-order valence-corrected chi connectivity index (χ3v) is 3.50. The lowest BCUT2D eigenvalue weighted by Gasteiger charge is -2.34. The van der Waals surface area contributed by atoms with E-state index in [4.69, 9.17) is 5.26 Å². The highest BCUT2D eigenvalue weighted by Gasteiger charge is 2.28. The SMILES string of the molecule is CCC(C#N)C(=O)N(CC)C1CCCCC1. The number of hydrogen-bond acceptors (Lipinski definition) is 2. The summed E-state index contributed by atoms with van der Waals surface area (Å²) in [6.07, 6.45) is 6.58. The second-order valence-electron chi connectivity index (χ2n) is 4.51. The van der Waals surface area contributed by atoms with Crippen molar-refractivity contribution in [1.82, 2.24) is 4.90 Å². The van der Waals surface area contributed by atoms with E-state index in [9.17, 15) is 4.79 Å². The average molecular weight is 222 g/mol. The zero-order valence-electron chi connectivity index (χ0n) is 10.4. The van der Waals surface area contributed by atoms with E-state index in [1.54, 1.807) is 0 Å². The quantitative estimate of drug-likeness (QED) is 0.734. The maximum atomic E-state index is 12.1. The van der Waals surface area contributed by atoms with E-state index in [1.165, 1.54) is 19.3 Å². The summed E-state index contributed by atoms with van der Waals surface area (Å²) < 4.78 is 0. The van der Waals surface area contributed by atoms with Crippen molar-refractivity contribution in [3.8, 4) is 6.07 Å². The van der Waals surface area contributed by atoms with Gasteiger partial charge in [0.1, 0.15) is 5.92 Å². The van der Waals surface area contributed by atoms with Gasteiger partial charge in [0.15, 0.2) is 0 Å². The summed E-state index contributed by atoms with van der Waals surface area (Å²) in [6, 6.07) is 2.50. The predicted molar refractivity (Wildman–Crippen MR) is 63.7 cm³/mol. The van der Waals surface area contributed by atoms with Gasteiger partial charge in [0.25, 0.3) is 0 Å². The molecule has 0 aromatic rings. The number of carbonyl (C=O) groups excluding carboxylic acids is 1. The molecule has 3 heteroatoms. The number of carbonyl (C=O) groups is 1. The molecule has 0 radical (unpaired) electrons. The largest absolute Gasteiger partial charge is 0.339 e. The Morgan fingerprint density at radius 1 is 1.38 bits per heavy atom. The first-order chi connectivity index (χ1) is 7.74. The number of amides is 1. The Bertz CT molecular complexity index is 264. The van der Waals surface area contributed by atoms with Crippen LogP contribution in [0.4, 0.5) is 0 Å². The summed E-state index contributed by atoms with van der Waals surface area (Å²) in [5.41, 5.74) is 0. The first kappa shape index (κ1) is 13.0. The van der Waals surface area contributed by atoms with Crippen LogP contribution in [0.3, 0.4) is 0 Å². The molecule has 1 aliphatic rings. The molecular formula is C13H22N2O. The zero-order valence-corrected chi connectivity index (χ0v) is 10.4. The van der Waals surface area contributed by atoms with Crippen LogP contribution >= 0.6 is 0 Å². The Morgan fingerprint density at radius 3 is 2.44 bits per heavy atom. The van der Waals surface area contributed by atoms with E-state index in [2.05, 4.69) is 6.07 Å². The minimum atomic E-state index is -0.443. The van der Waals surface area contributed by atoms with Crippen molar-refractivity contribution in [1.29, 1.82) is 5.26 Å². The maximum absolute atomic E-state index is 12.1. The first-order valence-corrected chi connectivity index (χ1v) is 6.44. The molecule has 16 heavy (non-hydrogen) atoms. The summed E-state index contributed by atoms with van der Waals surface area (Å²) in [6.45, 7) is 4.65. The molecule has 0 aromatic heterocycles. The van der Waals surface area contributed by atoms with Crippen LogP contribution in [0.2, 0.25) is 0 Å². The molecule has 1 aliphatic carbocycles. The summed E-state index contributed by atoms with van der Waals surface area (Å²) >= 11 is 0. The van der Waals surface area contributed by atoms with Gasteiger partial charge in [-0.1, -0.05) is 26.2 Å². The van der Waals surface area contributed by atoms with Crippen LogP contribution in [0.25, 0.3) is 0 Å². The molecular weight excluding hydrogens is 200 g/mol. The molecule has 1 unspecified atom stereocenters. The van der Waals surface area contributed by atoms with Gasteiger partial charge < -0.3 is 4.90 Å². The molecule has 1 rings (SSSR count).